The van der Waals surface area contributed by atoms with Crippen LogP contribution in [-0.2, 0) is 12.3 Å². The van der Waals surface area contributed by atoms with Crippen LogP contribution >= 0.6 is 11.8 Å². The Bertz CT molecular complexity index is 1040. The second-order valence-corrected chi connectivity index (χ2v) is 9.06. The number of amides is 2. The van der Waals surface area contributed by atoms with E-state index in [0.717, 1.165) is 55.1 Å². The van der Waals surface area contributed by atoms with Crippen molar-refractivity contribution in [2.45, 2.75) is 51.8 Å². The fourth-order valence-corrected chi connectivity index (χ4v) is 4.43. The van der Waals surface area contributed by atoms with Crippen LogP contribution in [0.15, 0.2) is 54.6 Å². The summed E-state index contributed by atoms with van der Waals surface area (Å²) in [6.45, 7) is 6.27. The van der Waals surface area contributed by atoms with E-state index in [1.165, 1.54) is 5.69 Å². The molecular formula is C27H36N4O2S. The first-order valence-corrected chi connectivity index (χ1v) is 13.4. The lowest BCUT2D eigenvalue weighted by atomic mass is 10.1. The number of urea groups is 1. The van der Waals surface area contributed by atoms with E-state index in [1.54, 1.807) is 11.8 Å². The van der Waals surface area contributed by atoms with Gasteiger partial charge in [0.2, 0.25) is 0 Å². The van der Waals surface area contributed by atoms with Crippen molar-refractivity contribution >= 4 is 23.5 Å². The molecule has 0 atom stereocenters. The summed E-state index contributed by atoms with van der Waals surface area (Å²) in [4.78, 5) is 17.1. The molecule has 0 bridgehead atoms. The lowest BCUT2D eigenvalue weighted by Gasteiger charge is -2.14. The summed E-state index contributed by atoms with van der Waals surface area (Å²) in [6, 6.07) is 17.7. The van der Waals surface area contributed by atoms with Gasteiger partial charge in [-0.1, -0.05) is 62.2 Å². The molecule has 1 aromatic heterocycles. The van der Waals surface area contributed by atoms with E-state index in [0.29, 0.717) is 24.6 Å². The third-order valence-electron chi connectivity index (χ3n) is 5.58. The highest BCUT2D eigenvalue weighted by molar-refractivity contribution is 7.97. The van der Waals surface area contributed by atoms with Gasteiger partial charge in [0, 0.05) is 24.4 Å². The molecule has 34 heavy (non-hydrogen) atoms. The zero-order valence-corrected chi connectivity index (χ0v) is 21.3. The maximum absolute atomic E-state index is 12.2. The molecule has 1 heterocycles. The molecule has 0 saturated carbocycles. The lowest BCUT2D eigenvalue weighted by Crippen LogP contribution is -2.29. The highest BCUT2D eigenvalue weighted by atomic mass is 32.2. The number of benzene rings is 2. The Morgan fingerprint density at radius 3 is 2.59 bits per heavy atom. The van der Waals surface area contributed by atoms with Gasteiger partial charge in [0.25, 0.3) is 0 Å². The molecule has 6 nitrogen and oxygen atoms in total. The minimum atomic E-state index is -0.198. The first-order valence-electron chi connectivity index (χ1n) is 12.0. The highest BCUT2D eigenvalue weighted by Gasteiger charge is 2.16. The zero-order valence-electron chi connectivity index (χ0n) is 20.5. The molecule has 3 aromatic rings. The molecule has 2 aromatic carbocycles. The molecule has 2 N–H and O–H groups in total. The third-order valence-corrected chi connectivity index (χ3v) is 6.14. The number of aryl methyl sites for hydroxylation is 1. The highest BCUT2D eigenvalue weighted by Crippen LogP contribution is 2.28. The predicted octanol–water partition coefficient (Wildman–Crippen LogP) is 6.50. The van der Waals surface area contributed by atoms with Gasteiger partial charge in [-0.25, -0.2) is 9.78 Å². The summed E-state index contributed by atoms with van der Waals surface area (Å²) >= 11 is 1.80. The summed E-state index contributed by atoms with van der Waals surface area (Å²) in [7, 11) is 0. The van der Waals surface area contributed by atoms with Crippen molar-refractivity contribution in [3.63, 3.8) is 0 Å². The first kappa shape index (κ1) is 25.7. The number of thioether (sulfide) groups is 1. The standard InChI is InChI=1S/C27H36N4O2S/c1-4-5-11-17-28-27(32)30-23-15-9-10-16-25(23)33-19-12-18-31-21(2)29-26(24(31)20-34-3)22-13-7-6-8-14-22/h6-10,13-16H,4-5,11-12,17-20H2,1-3H3,(H2,28,30,32). The van der Waals surface area contributed by atoms with Gasteiger partial charge >= 0.3 is 6.03 Å². The van der Waals surface area contributed by atoms with Crippen molar-refractivity contribution in [1.29, 1.82) is 0 Å². The number of nitrogens with one attached hydrogen (secondary N) is 2. The van der Waals surface area contributed by atoms with Crippen molar-refractivity contribution in [1.82, 2.24) is 14.9 Å². The summed E-state index contributed by atoms with van der Waals surface area (Å²) in [5.41, 5.74) is 4.15. The number of rotatable bonds is 13. The number of ether oxygens (including phenoxy) is 1. The number of carbonyl (C=O) groups is 1. The Morgan fingerprint density at radius 1 is 1.06 bits per heavy atom. The first-order chi connectivity index (χ1) is 16.6. The minimum Gasteiger partial charge on any atom is -0.491 e. The van der Waals surface area contributed by atoms with Gasteiger partial charge in [-0.3, -0.25) is 0 Å². The molecular weight excluding hydrogens is 444 g/mol. The van der Waals surface area contributed by atoms with Crippen molar-refractivity contribution in [2.75, 3.05) is 24.7 Å². The van der Waals surface area contributed by atoms with Gasteiger partial charge in [0.15, 0.2) is 0 Å². The molecule has 0 spiro atoms. The van der Waals surface area contributed by atoms with E-state index < -0.39 is 0 Å². The number of para-hydroxylation sites is 2. The van der Waals surface area contributed by atoms with Crippen LogP contribution in [0, 0.1) is 6.92 Å². The summed E-state index contributed by atoms with van der Waals surface area (Å²) in [6.07, 6.45) is 6.19. The van der Waals surface area contributed by atoms with E-state index in [4.69, 9.17) is 9.72 Å². The molecule has 182 valence electrons. The van der Waals surface area contributed by atoms with E-state index in [9.17, 15) is 4.79 Å². The van der Waals surface area contributed by atoms with E-state index in [2.05, 4.69) is 59.6 Å². The van der Waals surface area contributed by atoms with Crippen LogP contribution in [0.25, 0.3) is 11.3 Å². The number of aromatic nitrogens is 2. The molecule has 0 aliphatic heterocycles. The van der Waals surface area contributed by atoms with Gasteiger partial charge < -0.3 is 19.9 Å². The average Bonchev–Trinajstić information content (AvgIpc) is 3.16. The third kappa shape index (κ3) is 7.29. The van der Waals surface area contributed by atoms with E-state index in [1.807, 2.05) is 30.3 Å². The van der Waals surface area contributed by atoms with Crippen molar-refractivity contribution in [3.05, 3.63) is 66.1 Å². The summed E-state index contributed by atoms with van der Waals surface area (Å²) in [5.74, 6) is 2.61. The fourth-order valence-electron chi connectivity index (χ4n) is 3.86. The second-order valence-electron chi connectivity index (χ2n) is 8.19. The average molecular weight is 481 g/mol. The van der Waals surface area contributed by atoms with Crippen LogP contribution in [0.1, 0.15) is 44.1 Å². The quantitative estimate of drug-likeness (QED) is 0.274. The molecule has 0 unspecified atom stereocenters. The normalized spacial score (nSPS) is 10.8. The number of anilines is 1. The van der Waals surface area contributed by atoms with Gasteiger partial charge in [-0.15, -0.1) is 0 Å². The number of unbranched alkanes of at least 4 members (excludes halogenated alkanes) is 2. The minimum absolute atomic E-state index is 0.198. The zero-order chi connectivity index (χ0) is 24.2. The van der Waals surface area contributed by atoms with Crippen LogP contribution in [0.2, 0.25) is 0 Å². The van der Waals surface area contributed by atoms with Crippen LogP contribution in [-0.4, -0.2) is 35.0 Å². The lowest BCUT2D eigenvalue weighted by molar-refractivity contribution is 0.251. The molecule has 0 radical (unpaired) electrons. The summed E-state index contributed by atoms with van der Waals surface area (Å²) in [5, 5.41) is 5.81. The maximum Gasteiger partial charge on any atom is 0.319 e. The number of carbonyl (C=O) groups excluding carboxylic acids is 1. The number of hydrogen-bond donors (Lipinski definition) is 2. The topological polar surface area (TPSA) is 68.2 Å². The largest absolute Gasteiger partial charge is 0.491 e. The Hall–Kier alpha value is -2.93. The van der Waals surface area contributed by atoms with Crippen molar-refractivity contribution in [3.8, 4) is 17.0 Å². The van der Waals surface area contributed by atoms with Crippen molar-refractivity contribution in [2.24, 2.45) is 0 Å². The fraction of sp³-hybridized carbons (Fsp3) is 0.407. The summed E-state index contributed by atoms with van der Waals surface area (Å²) < 4.78 is 8.35. The molecule has 3 rings (SSSR count). The Labute approximate surface area is 207 Å². The molecule has 2 amide bonds. The molecule has 0 fully saturated rings. The van der Waals surface area contributed by atoms with Gasteiger partial charge in [0.05, 0.1) is 23.7 Å². The van der Waals surface area contributed by atoms with Gasteiger partial charge in [-0.2, -0.15) is 11.8 Å². The molecule has 0 aliphatic carbocycles. The monoisotopic (exact) mass is 480 g/mol. The second kappa shape index (κ2) is 13.7. The Kier molecular flexibility index (Phi) is 10.3. The predicted molar refractivity (Wildman–Crippen MR) is 143 cm³/mol. The SMILES string of the molecule is CCCCCNC(=O)Nc1ccccc1OCCCn1c(C)nc(-c2ccccc2)c1CSC. The van der Waals surface area contributed by atoms with Crippen LogP contribution in [0.5, 0.6) is 5.75 Å². The van der Waals surface area contributed by atoms with E-state index >= 15 is 0 Å². The Balaban J connectivity index is 1.58. The number of imidazole rings is 1. The van der Waals surface area contributed by atoms with Gasteiger partial charge in [0.1, 0.15) is 11.6 Å². The smallest absolute Gasteiger partial charge is 0.319 e. The van der Waals surface area contributed by atoms with Gasteiger partial charge in [-0.05, 0) is 38.2 Å². The maximum atomic E-state index is 12.2. The van der Waals surface area contributed by atoms with Crippen LogP contribution in [0.3, 0.4) is 0 Å². The number of nitrogens with zero attached hydrogens (tertiary/aromatic N) is 2. The Morgan fingerprint density at radius 2 is 1.82 bits per heavy atom. The molecule has 7 heteroatoms. The number of hydrogen-bond acceptors (Lipinski definition) is 4. The van der Waals surface area contributed by atoms with Crippen LogP contribution in [0.4, 0.5) is 10.5 Å². The molecule has 0 aliphatic rings. The van der Waals surface area contributed by atoms with Crippen LogP contribution < -0.4 is 15.4 Å². The molecule has 0 saturated heterocycles. The van der Waals surface area contributed by atoms with E-state index in [-0.39, 0.29) is 6.03 Å². The van der Waals surface area contributed by atoms with Crippen molar-refractivity contribution < 1.29 is 9.53 Å².